The molecular formula is C15H26N2O2. The summed E-state index contributed by atoms with van der Waals surface area (Å²) < 4.78 is 0. The zero-order valence-electron chi connectivity index (χ0n) is 12.2. The maximum atomic E-state index is 12.5. The molecule has 2 heterocycles. The molecule has 2 saturated heterocycles. The van der Waals surface area contributed by atoms with Crippen LogP contribution in [-0.2, 0) is 9.59 Å². The van der Waals surface area contributed by atoms with Crippen LogP contribution in [0.2, 0.25) is 0 Å². The lowest BCUT2D eigenvalue weighted by Crippen LogP contribution is -2.52. The van der Waals surface area contributed by atoms with Crippen LogP contribution in [0, 0.1) is 5.92 Å². The van der Waals surface area contributed by atoms with E-state index in [-0.39, 0.29) is 23.7 Å². The predicted molar refractivity (Wildman–Crippen MR) is 74.9 cm³/mol. The molecule has 0 spiro atoms. The van der Waals surface area contributed by atoms with Gasteiger partial charge in [0.2, 0.25) is 5.91 Å². The standard InChI is InChI=1S/C15H26N2O2/c1-12(15(19)16-8-4-3-5-9-16)17-10-6-7-14(11-17)13(2)18/h12,14H,3-11H2,1-2H3. The van der Waals surface area contributed by atoms with Gasteiger partial charge in [0.05, 0.1) is 6.04 Å². The summed E-state index contributed by atoms with van der Waals surface area (Å²) in [6.45, 7) is 7.20. The molecule has 0 bridgehead atoms. The molecular weight excluding hydrogens is 240 g/mol. The molecule has 0 aliphatic carbocycles. The molecule has 0 aromatic heterocycles. The van der Waals surface area contributed by atoms with Gasteiger partial charge in [-0.05, 0) is 52.5 Å². The first-order chi connectivity index (χ1) is 9.09. The van der Waals surface area contributed by atoms with Crippen LogP contribution in [-0.4, -0.2) is 53.7 Å². The first-order valence-electron chi connectivity index (χ1n) is 7.63. The Morgan fingerprint density at radius 1 is 1.05 bits per heavy atom. The number of Topliss-reactive ketones (excluding diaryl/α,β-unsaturated/α-hetero) is 1. The molecule has 4 nitrogen and oxygen atoms in total. The molecule has 2 atom stereocenters. The number of rotatable bonds is 3. The van der Waals surface area contributed by atoms with E-state index in [0.29, 0.717) is 0 Å². The van der Waals surface area contributed by atoms with Crippen LogP contribution in [0.3, 0.4) is 0 Å². The normalized spacial score (nSPS) is 27.1. The van der Waals surface area contributed by atoms with E-state index >= 15 is 0 Å². The summed E-state index contributed by atoms with van der Waals surface area (Å²) in [4.78, 5) is 28.2. The fourth-order valence-electron chi connectivity index (χ4n) is 3.22. The largest absolute Gasteiger partial charge is 0.341 e. The van der Waals surface area contributed by atoms with Gasteiger partial charge in [0.15, 0.2) is 0 Å². The molecule has 0 saturated carbocycles. The lowest BCUT2D eigenvalue weighted by Gasteiger charge is -2.38. The van der Waals surface area contributed by atoms with Crippen molar-refractivity contribution in [3.63, 3.8) is 0 Å². The second-order valence-corrected chi connectivity index (χ2v) is 6.01. The van der Waals surface area contributed by atoms with Crippen molar-refractivity contribution in [1.82, 2.24) is 9.80 Å². The lowest BCUT2D eigenvalue weighted by molar-refractivity contribution is -0.139. The summed E-state index contributed by atoms with van der Waals surface area (Å²) in [5.74, 6) is 0.650. The average molecular weight is 266 g/mol. The second kappa shape index (κ2) is 6.51. The van der Waals surface area contributed by atoms with Crippen molar-refractivity contribution in [1.29, 1.82) is 0 Å². The maximum absolute atomic E-state index is 12.5. The molecule has 2 rings (SSSR count). The van der Waals surface area contributed by atoms with Crippen LogP contribution < -0.4 is 0 Å². The molecule has 1 amide bonds. The molecule has 2 aliphatic rings. The molecule has 0 aromatic carbocycles. The van der Waals surface area contributed by atoms with Gasteiger partial charge in [0, 0.05) is 25.6 Å². The van der Waals surface area contributed by atoms with Gasteiger partial charge in [0.25, 0.3) is 0 Å². The predicted octanol–water partition coefficient (Wildman–Crippen LogP) is 1.69. The van der Waals surface area contributed by atoms with E-state index in [1.165, 1.54) is 6.42 Å². The molecule has 108 valence electrons. The number of piperidine rings is 2. The Labute approximate surface area is 116 Å². The van der Waals surface area contributed by atoms with Gasteiger partial charge in [-0.3, -0.25) is 14.5 Å². The summed E-state index contributed by atoms with van der Waals surface area (Å²) in [5.41, 5.74) is 0. The highest BCUT2D eigenvalue weighted by atomic mass is 16.2. The minimum absolute atomic E-state index is 0.0692. The Hall–Kier alpha value is -0.900. The van der Waals surface area contributed by atoms with E-state index < -0.39 is 0 Å². The third-order valence-electron chi connectivity index (χ3n) is 4.60. The molecule has 2 unspecified atom stereocenters. The van der Waals surface area contributed by atoms with Crippen LogP contribution >= 0.6 is 0 Å². The van der Waals surface area contributed by atoms with E-state index in [1.54, 1.807) is 6.92 Å². The van der Waals surface area contributed by atoms with Crippen LogP contribution in [0.5, 0.6) is 0 Å². The first kappa shape index (κ1) is 14.5. The maximum Gasteiger partial charge on any atom is 0.239 e. The van der Waals surface area contributed by atoms with E-state index in [2.05, 4.69) is 4.90 Å². The topological polar surface area (TPSA) is 40.6 Å². The van der Waals surface area contributed by atoms with Crippen molar-refractivity contribution in [2.24, 2.45) is 5.92 Å². The number of carbonyl (C=O) groups is 2. The fraction of sp³-hybridized carbons (Fsp3) is 0.867. The fourth-order valence-corrected chi connectivity index (χ4v) is 3.22. The van der Waals surface area contributed by atoms with Crippen LogP contribution in [0.4, 0.5) is 0 Å². The number of hydrogen-bond acceptors (Lipinski definition) is 3. The third kappa shape index (κ3) is 3.56. The molecule has 19 heavy (non-hydrogen) atoms. The minimum atomic E-state index is -0.0692. The highest BCUT2D eigenvalue weighted by molar-refractivity contribution is 5.82. The Morgan fingerprint density at radius 3 is 2.37 bits per heavy atom. The second-order valence-electron chi connectivity index (χ2n) is 6.01. The summed E-state index contributed by atoms with van der Waals surface area (Å²) in [7, 11) is 0. The van der Waals surface area contributed by atoms with Crippen molar-refractivity contribution < 1.29 is 9.59 Å². The summed E-state index contributed by atoms with van der Waals surface area (Å²) in [5, 5.41) is 0. The highest BCUT2D eigenvalue weighted by Crippen LogP contribution is 2.21. The number of carbonyl (C=O) groups excluding carboxylic acids is 2. The molecule has 2 fully saturated rings. The van der Waals surface area contributed by atoms with Gasteiger partial charge in [-0.25, -0.2) is 0 Å². The lowest BCUT2D eigenvalue weighted by atomic mass is 9.93. The van der Waals surface area contributed by atoms with E-state index in [1.807, 2.05) is 11.8 Å². The average Bonchev–Trinajstić information content (AvgIpc) is 2.46. The molecule has 0 radical (unpaired) electrons. The number of ketones is 1. The van der Waals surface area contributed by atoms with Crippen LogP contribution in [0.25, 0.3) is 0 Å². The highest BCUT2D eigenvalue weighted by Gasteiger charge is 2.31. The zero-order valence-corrected chi connectivity index (χ0v) is 12.2. The summed E-state index contributed by atoms with van der Waals surface area (Å²) in [6, 6.07) is -0.0692. The van der Waals surface area contributed by atoms with Crippen molar-refractivity contribution >= 4 is 11.7 Å². The smallest absolute Gasteiger partial charge is 0.239 e. The third-order valence-corrected chi connectivity index (χ3v) is 4.60. The van der Waals surface area contributed by atoms with E-state index in [0.717, 1.165) is 51.9 Å². The Bertz CT molecular complexity index is 337. The van der Waals surface area contributed by atoms with Crippen molar-refractivity contribution in [2.45, 2.75) is 52.0 Å². The Balaban J connectivity index is 1.92. The van der Waals surface area contributed by atoms with E-state index in [4.69, 9.17) is 0 Å². The summed E-state index contributed by atoms with van der Waals surface area (Å²) >= 11 is 0. The first-order valence-corrected chi connectivity index (χ1v) is 7.63. The monoisotopic (exact) mass is 266 g/mol. The SMILES string of the molecule is CC(=O)C1CCCN(C(C)C(=O)N2CCCCC2)C1. The number of hydrogen-bond donors (Lipinski definition) is 0. The quantitative estimate of drug-likeness (QED) is 0.780. The molecule has 2 aliphatic heterocycles. The van der Waals surface area contributed by atoms with Gasteiger partial charge in [-0.2, -0.15) is 0 Å². The van der Waals surface area contributed by atoms with Gasteiger partial charge in [0.1, 0.15) is 5.78 Å². The van der Waals surface area contributed by atoms with Crippen molar-refractivity contribution in [3.8, 4) is 0 Å². The van der Waals surface area contributed by atoms with Gasteiger partial charge < -0.3 is 4.90 Å². The van der Waals surface area contributed by atoms with Gasteiger partial charge in [-0.1, -0.05) is 0 Å². The summed E-state index contributed by atoms with van der Waals surface area (Å²) in [6.07, 6.45) is 5.52. The van der Waals surface area contributed by atoms with Gasteiger partial charge >= 0.3 is 0 Å². The molecule has 0 aromatic rings. The van der Waals surface area contributed by atoms with Crippen LogP contribution in [0.15, 0.2) is 0 Å². The number of nitrogens with zero attached hydrogens (tertiary/aromatic N) is 2. The molecule has 4 heteroatoms. The van der Waals surface area contributed by atoms with Crippen molar-refractivity contribution in [3.05, 3.63) is 0 Å². The van der Waals surface area contributed by atoms with E-state index in [9.17, 15) is 9.59 Å². The van der Waals surface area contributed by atoms with Crippen molar-refractivity contribution in [2.75, 3.05) is 26.2 Å². The molecule has 0 N–H and O–H groups in total. The number of amides is 1. The zero-order chi connectivity index (χ0) is 13.8. The number of likely N-dealkylation sites (tertiary alicyclic amines) is 2. The van der Waals surface area contributed by atoms with Gasteiger partial charge in [-0.15, -0.1) is 0 Å². The van der Waals surface area contributed by atoms with Crippen LogP contribution in [0.1, 0.15) is 46.0 Å². The Kier molecular flexibility index (Phi) is 4.97. The Morgan fingerprint density at radius 2 is 1.74 bits per heavy atom. The minimum Gasteiger partial charge on any atom is -0.341 e.